The van der Waals surface area contributed by atoms with Gasteiger partial charge < -0.3 is 20.1 Å². The van der Waals surface area contributed by atoms with Crippen molar-refractivity contribution in [3.63, 3.8) is 0 Å². The molecule has 0 radical (unpaired) electrons. The van der Waals surface area contributed by atoms with Crippen molar-refractivity contribution in [1.29, 1.82) is 0 Å². The molecule has 1 saturated heterocycles. The van der Waals surface area contributed by atoms with Gasteiger partial charge in [0.05, 0.1) is 19.6 Å². The number of hydrogen-bond acceptors (Lipinski definition) is 4. The van der Waals surface area contributed by atoms with E-state index in [9.17, 15) is 23.5 Å². The first-order chi connectivity index (χ1) is 20.1. The number of methoxy groups -OCH3 is 1. The van der Waals surface area contributed by atoms with Gasteiger partial charge in [-0.15, -0.1) is 0 Å². The molecule has 0 saturated carbocycles. The van der Waals surface area contributed by atoms with Crippen LogP contribution >= 0.6 is 0 Å². The summed E-state index contributed by atoms with van der Waals surface area (Å²) in [6.45, 7) is 12.7. The third kappa shape index (κ3) is 6.90. The highest BCUT2D eigenvalue weighted by Gasteiger charge is 2.57. The topological polar surface area (TPSA) is 78.9 Å². The van der Waals surface area contributed by atoms with Crippen LogP contribution in [0.15, 0.2) is 66.7 Å². The summed E-state index contributed by atoms with van der Waals surface area (Å²) < 4.78 is 33.9. The molecule has 1 aliphatic heterocycles. The van der Waals surface area contributed by atoms with Crippen LogP contribution in [-0.4, -0.2) is 41.1 Å². The van der Waals surface area contributed by atoms with E-state index in [0.29, 0.717) is 12.3 Å². The van der Waals surface area contributed by atoms with Crippen molar-refractivity contribution in [2.45, 2.75) is 78.0 Å². The average Bonchev–Trinajstić information content (AvgIpc) is 3.29. The number of carboxylic acids is 1. The van der Waals surface area contributed by atoms with Gasteiger partial charge in [0.2, 0.25) is 5.91 Å². The summed E-state index contributed by atoms with van der Waals surface area (Å²) in [6, 6.07) is 16.1. The van der Waals surface area contributed by atoms with E-state index in [-0.39, 0.29) is 11.0 Å². The Morgan fingerprint density at radius 2 is 1.60 bits per heavy atom. The third-order valence-electron chi connectivity index (χ3n) is 8.38. The van der Waals surface area contributed by atoms with Crippen molar-refractivity contribution in [2.24, 2.45) is 11.3 Å². The van der Waals surface area contributed by atoms with Gasteiger partial charge in [-0.05, 0) is 39.7 Å². The fraction of sp³-hybridized carbons (Fsp3) is 0.429. The quantitative estimate of drug-likeness (QED) is 0.306. The SMILES string of the molecule is COc1ccc(C(C)(C)C)cc1CN[C@H]1[C@H](C(C)(C)C)[C@@H](C(=O)O)N(C(=O)Cc2ccc(F)cc2F)[C@H]1c1ccccc1. The number of carbonyl (C=O) groups is 2. The lowest BCUT2D eigenvalue weighted by Crippen LogP contribution is -2.48. The molecule has 230 valence electrons. The zero-order valence-electron chi connectivity index (χ0n) is 25.9. The van der Waals surface area contributed by atoms with Crippen LogP contribution in [0, 0.1) is 23.0 Å². The number of benzene rings is 3. The Morgan fingerprint density at radius 3 is 2.16 bits per heavy atom. The maximum absolute atomic E-state index is 14.7. The Kier molecular flexibility index (Phi) is 9.30. The number of nitrogens with zero attached hydrogens (tertiary/aromatic N) is 1. The lowest BCUT2D eigenvalue weighted by molar-refractivity contribution is -0.152. The van der Waals surface area contributed by atoms with Crippen LogP contribution in [0.2, 0.25) is 0 Å². The van der Waals surface area contributed by atoms with E-state index < -0.39 is 59.4 Å². The molecule has 8 heteroatoms. The first kappa shape index (κ1) is 32.1. The Labute approximate surface area is 253 Å². The molecule has 2 N–H and O–H groups in total. The summed E-state index contributed by atoms with van der Waals surface area (Å²) >= 11 is 0. The van der Waals surface area contributed by atoms with Crippen LogP contribution in [0.4, 0.5) is 8.78 Å². The van der Waals surface area contributed by atoms with Gasteiger partial charge in [0, 0.05) is 30.1 Å². The maximum atomic E-state index is 14.7. The highest BCUT2D eigenvalue weighted by atomic mass is 19.1. The molecule has 0 aliphatic carbocycles. The van der Waals surface area contributed by atoms with Gasteiger partial charge in [-0.25, -0.2) is 13.6 Å². The van der Waals surface area contributed by atoms with E-state index in [0.717, 1.165) is 28.8 Å². The van der Waals surface area contributed by atoms with Crippen LogP contribution in [0.1, 0.15) is 69.8 Å². The van der Waals surface area contributed by atoms with Crippen molar-refractivity contribution in [3.05, 3.63) is 101 Å². The first-order valence-corrected chi connectivity index (χ1v) is 14.6. The smallest absolute Gasteiger partial charge is 0.326 e. The van der Waals surface area contributed by atoms with Gasteiger partial charge in [-0.3, -0.25) is 4.79 Å². The fourth-order valence-corrected chi connectivity index (χ4v) is 6.29. The number of hydrogen-bond donors (Lipinski definition) is 2. The second-order valence-electron chi connectivity index (χ2n) is 13.4. The van der Waals surface area contributed by atoms with E-state index in [2.05, 4.69) is 32.2 Å². The van der Waals surface area contributed by atoms with Gasteiger partial charge in [0.15, 0.2) is 0 Å². The van der Waals surface area contributed by atoms with E-state index in [1.165, 1.54) is 11.0 Å². The van der Waals surface area contributed by atoms with Crippen molar-refractivity contribution < 1.29 is 28.2 Å². The van der Waals surface area contributed by atoms with Crippen molar-refractivity contribution in [2.75, 3.05) is 7.11 Å². The maximum Gasteiger partial charge on any atom is 0.326 e. The van der Waals surface area contributed by atoms with Crippen LogP contribution in [0.3, 0.4) is 0 Å². The summed E-state index contributed by atoms with van der Waals surface area (Å²) in [5.41, 5.74) is 2.18. The zero-order valence-corrected chi connectivity index (χ0v) is 25.9. The molecule has 0 aromatic heterocycles. The Morgan fingerprint density at radius 1 is 0.930 bits per heavy atom. The monoisotopic (exact) mass is 592 g/mol. The minimum Gasteiger partial charge on any atom is -0.496 e. The number of carboxylic acid groups (broad SMARTS) is 1. The Bertz CT molecular complexity index is 1460. The van der Waals surface area contributed by atoms with Gasteiger partial charge >= 0.3 is 5.97 Å². The first-order valence-electron chi connectivity index (χ1n) is 14.6. The summed E-state index contributed by atoms with van der Waals surface area (Å²) in [6.07, 6.45) is -0.399. The Hall–Kier alpha value is -3.78. The summed E-state index contributed by atoms with van der Waals surface area (Å²) in [7, 11) is 1.62. The summed E-state index contributed by atoms with van der Waals surface area (Å²) in [5, 5.41) is 14.3. The number of ether oxygens (including phenoxy) is 1. The molecule has 3 aromatic rings. The largest absolute Gasteiger partial charge is 0.496 e. The molecule has 1 heterocycles. The van der Waals surface area contributed by atoms with Gasteiger partial charge in [0.1, 0.15) is 23.4 Å². The predicted octanol–water partition coefficient (Wildman–Crippen LogP) is 6.67. The minimum absolute atomic E-state index is 0.00907. The normalized spacial score (nSPS) is 20.7. The molecule has 0 unspecified atom stereocenters. The van der Waals surface area contributed by atoms with Crippen LogP contribution in [0.25, 0.3) is 0 Å². The second-order valence-corrected chi connectivity index (χ2v) is 13.4. The molecule has 43 heavy (non-hydrogen) atoms. The van der Waals surface area contributed by atoms with E-state index >= 15 is 0 Å². The predicted molar refractivity (Wildman–Crippen MR) is 163 cm³/mol. The Balaban J connectivity index is 1.82. The van der Waals surface area contributed by atoms with Gasteiger partial charge in [0.25, 0.3) is 0 Å². The molecule has 4 rings (SSSR count). The van der Waals surface area contributed by atoms with E-state index in [1.54, 1.807) is 7.11 Å². The van der Waals surface area contributed by atoms with Crippen molar-refractivity contribution in [1.82, 2.24) is 10.2 Å². The van der Waals surface area contributed by atoms with E-state index in [1.807, 2.05) is 63.2 Å². The van der Waals surface area contributed by atoms with Crippen LogP contribution in [0.5, 0.6) is 5.75 Å². The molecule has 1 amide bonds. The second kappa shape index (κ2) is 12.4. The molecule has 6 nitrogen and oxygen atoms in total. The van der Waals surface area contributed by atoms with Crippen LogP contribution in [-0.2, 0) is 28.0 Å². The summed E-state index contributed by atoms with van der Waals surface area (Å²) in [5.74, 6) is -3.08. The molecular formula is C35H42F2N2O4. The van der Waals surface area contributed by atoms with Crippen molar-refractivity contribution in [3.8, 4) is 5.75 Å². The van der Waals surface area contributed by atoms with Crippen LogP contribution < -0.4 is 10.1 Å². The van der Waals surface area contributed by atoms with Crippen molar-refractivity contribution >= 4 is 11.9 Å². The number of amides is 1. The lowest BCUT2D eigenvalue weighted by atomic mass is 9.72. The molecule has 4 atom stereocenters. The fourth-order valence-electron chi connectivity index (χ4n) is 6.29. The molecule has 1 aliphatic rings. The highest BCUT2D eigenvalue weighted by Crippen LogP contribution is 2.48. The lowest BCUT2D eigenvalue weighted by Gasteiger charge is -2.35. The standard InChI is InChI=1S/C35H42F2N2O4/c1-34(2,3)24-14-16-27(43-7)23(17-24)20-38-30-29(35(4,5)6)32(33(41)42)39(31(30)21-11-9-8-10-12-21)28(40)18-22-13-15-25(36)19-26(22)37/h8-17,19,29-32,38H,18,20H2,1-7H3,(H,41,42)/t29-,30-,31-,32-/m0/s1. The number of halogens is 2. The molecular weight excluding hydrogens is 550 g/mol. The van der Waals surface area contributed by atoms with Gasteiger partial charge in [-0.2, -0.15) is 0 Å². The van der Waals surface area contributed by atoms with Gasteiger partial charge in [-0.1, -0.05) is 90.1 Å². The number of carbonyl (C=O) groups excluding carboxylic acids is 1. The highest BCUT2D eigenvalue weighted by molar-refractivity contribution is 5.87. The molecule has 1 fully saturated rings. The summed E-state index contributed by atoms with van der Waals surface area (Å²) in [4.78, 5) is 28.5. The average molecular weight is 593 g/mol. The number of nitrogens with one attached hydrogen (secondary N) is 1. The minimum atomic E-state index is -1.19. The number of likely N-dealkylation sites (tertiary alicyclic amines) is 1. The molecule has 3 aromatic carbocycles. The molecule has 0 bridgehead atoms. The number of aliphatic carboxylic acids is 1. The number of rotatable bonds is 8. The van der Waals surface area contributed by atoms with E-state index in [4.69, 9.17) is 4.74 Å². The molecule has 0 spiro atoms. The third-order valence-corrected chi connectivity index (χ3v) is 8.38. The zero-order chi connectivity index (χ0) is 31.7.